The molecule has 2 heteroatoms. The van der Waals surface area contributed by atoms with Gasteiger partial charge in [-0.15, -0.1) is 0 Å². The lowest BCUT2D eigenvalue weighted by atomic mass is 9.70. The summed E-state index contributed by atoms with van der Waals surface area (Å²) >= 11 is 0. The fourth-order valence-corrected chi connectivity index (χ4v) is 4.07. The number of carbonyl (C=O) groups excluding carboxylic acids is 1. The molecular weight excluding hydrogens is 272 g/mol. The SMILES string of the molecule is C/C(C(=O)C1CCC(C)(C)CC1)=C(/O)C1CCC(C)(C)CC1. The minimum atomic E-state index is 0.134. The summed E-state index contributed by atoms with van der Waals surface area (Å²) in [6.07, 6.45) is 8.51. The molecule has 2 aliphatic rings. The van der Waals surface area contributed by atoms with Gasteiger partial charge in [0.1, 0.15) is 5.76 Å². The zero-order valence-corrected chi connectivity index (χ0v) is 15.2. The predicted octanol–water partition coefficient (Wildman–Crippen LogP) is 5.82. The maximum absolute atomic E-state index is 12.7. The van der Waals surface area contributed by atoms with Crippen LogP contribution in [0, 0.1) is 22.7 Å². The monoisotopic (exact) mass is 306 g/mol. The lowest BCUT2D eigenvalue weighted by Crippen LogP contribution is -2.28. The third kappa shape index (κ3) is 4.14. The van der Waals surface area contributed by atoms with Crippen LogP contribution in [-0.2, 0) is 4.79 Å². The van der Waals surface area contributed by atoms with Crippen molar-refractivity contribution < 1.29 is 9.90 Å². The number of hydrogen-bond donors (Lipinski definition) is 1. The second-order valence-electron chi connectivity index (χ2n) is 9.25. The van der Waals surface area contributed by atoms with Crippen LogP contribution >= 0.6 is 0 Å². The molecular formula is C20H34O2. The zero-order chi connectivity index (χ0) is 16.5. The molecule has 0 aromatic rings. The summed E-state index contributed by atoms with van der Waals surface area (Å²) in [5.74, 6) is 0.940. The Balaban J connectivity index is 2.00. The average molecular weight is 306 g/mol. The van der Waals surface area contributed by atoms with Crippen LogP contribution in [0.4, 0.5) is 0 Å². The summed E-state index contributed by atoms with van der Waals surface area (Å²) in [6, 6.07) is 0. The number of hydrogen-bond acceptors (Lipinski definition) is 2. The van der Waals surface area contributed by atoms with E-state index in [1.807, 2.05) is 6.92 Å². The molecule has 0 unspecified atom stereocenters. The highest BCUT2D eigenvalue weighted by molar-refractivity contribution is 5.97. The van der Waals surface area contributed by atoms with Gasteiger partial charge in [0, 0.05) is 17.4 Å². The Bertz CT molecular complexity index is 436. The molecule has 0 aromatic carbocycles. The molecule has 2 nitrogen and oxygen atoms in total. The third-order valence-electron chi connectivity index (χ3n) is 6.19. The van der Waals surface area contributed by atoms with Crippen LogP contribution in [-0.4, -0.2) is 10.9 Å². The van der Waals surface area contributed by atoms with E-state index in [9.17, 15) is 9.90 Å². The number of aliphatic hydroxyl groups is 1. The van der Waals surface area contributed by atoms with Gasteiger partial charge in [0.05, 0.1) is 0 Å². The van der Waals surface area contributed by atoms with Crippen molar-refractivity contribution in [2.24, 2.45) is 22.7 Å². The van der Waals surface area contributed by atoms with Gasteiger partial charge in [0.25, 0.3) is 0 Å². The number of allylic oxidation sites excluding steroid dienone is 2. The minimum absolute atomic E-state index is 0.134. The zero-order valence-electron chi connectivity index (χ0n) is 15.2. The lowest BCUT2D eigenvalue weighted by molar-refractivity contribution is -0.120. The van der Waals surface area contributed by atoms with E-state index in [0.717, 1.165) is 51.4 Å². The van der Waals surface area contributed by atoms with E-state index in [0.29, 0.717) is 22.2 Å². The molecule has 22 heavy (non-hydrogen) atoms. The van der Waals surface area contributed by atoms with Crippen molar-refractivity contribution in [2.75, 3.05) is 0 Å². The number of ketones is 1. The fraction of sp³-hybridized carbons (Fsp3) is 0.850. The van der Waals surface area contributed by atoms with E-state index in [-0.39, 0.29) is 17.6 Å². The quantitative estimate of drug-likeness (QED) is 0.527. The van der Waals surface area contributed by atoms with Gasteiger partial charge in [-0.25, -0.2) is 0 Å². The van der Waals surface area contributed by atoms with Gasteiger partial charge >= 0.3 is 0 Å². The van der Waals surface area contributed by atoms with E-state index in [4.69, 9.17) is 0 Å². The molecule has 126 valence electrons. The van der Waals surface area contributed by atoms with Gasteiger partial charge in [-0.2, -0.15) is 0 Å². The van der Waals surface area contributed by atoms with E-state index in [1.54, 1.807) is 0 Å². The first kappa shape index (κ1) is 17.6. The van der Waals surface area contributed by atoms with Gasteiger partial charge in [0.15, 0.2) is 5.78 Å². The topological polar surface area (TPSA) is 37.3 Å². The first-order chi connectivity index (χ1) is 10.1. The molecule has 2 rings (SSSR count). The first-order valence-electron chi connectivity index (χ1n) is 9.05. The van der Waals surface area contributed by atoms with Gasteiger partial charge < -0.3 is 5.11 Å². The number of carbonyl (C=O) groups is 1. The molecule has 1 N–H and O–H groups in total. The summed E-state index contributed by atoms with van der Waals surface area (Å²) in [5.41, 5.74) is 1.42. The molecule has 0 aromatic heterocycles. The summed E-state index contributed by atoms with van der Waals surface area (Å²) < 4.78 is 0. The first-order valence-corrected chi connectivity index (χ1v) is 9.05. The summed E-state index contributed by atoms with van der Waals surface area (Å²) in [4.78, 5) is 12.7. The molecule has 0 saturated heterocycles. The molecule has 2 fully saturated rings. The van der Waals surface area contributed by atoms with Crippen LogP contribution in [0.1, 0.15) is 86.0 Å². The maximum atomic E-state index is 12.7. The van der Waals surface area contributed by atoms with Crippen LogP contribution < -0.4 is 0 Å². The number of rotatable bonds is 3. The highest BCUT2D eigenvalue weighted by atomic mass is 16.3. The van der Waals surface area contributed by atoms with Gasteiger partial charge in [-0.05, 0) is 69.1 Å². The summed E-state index contributed by atoms with van der Waals surface area (Å²) in [6.45, 7) is 11.0. The van der Waals surface area contributed by atoms with Gasteiger partial charge in [-0.3, -0.25) is 4.79 Å². The van der Waals surface area contributed by atoms with E-state index < -0.39 is 0 Å². The van der Waals surface area contributed by atoms with Crippen molar-refractivity contribution in [3.63, 3.8) is 0 Å². The molecule has 2 saturated carbocycles. The summed E-state index contributed by atoms with van der Waals surface area (Å²) in [7, 11) is 0. The van der Waals surface area contributed by atoms with E-state index in [2.05, 4.69) is 27.7 Å². The lowest BCUT2D eigenvalue weighted by Gasteiger charge is -2.35. The Morgan fingerprint density at radius 1 is 0.818 bits per heavy atom. The molecule has 0 spiro atoms. The van der Waals surface area contributed by atoms with Crippen LogP contribution in [0.15, 0.2) is 11.3 Å². The van der Waals surface area contributed by atoms with E-state index in [1.165, 1.54) is 0 Å². The number of Topliss-reactive ketones (excluding diaryl/α,β-unsaturated/α-hetero) is 1. The second kappa shape index (κ2) is 6.37. The van der Waals surface area contributed by atoms with Crippen LogP contribution in [0.5, 0.6) is 0 Å². The Kier molecular flexibility index (Phi) is 5.09. The van der Waals surface area contributed by atoms with E-state index >= 15 is 0 Å². The highest BCUT2D eigenvalue weighted by Crippen LogP contribution is 2.42. The summed E-state index contributed by atoms with van der Waals surface area (Å²) in [5, 5.41) is 10.6. The molecule has 0 amide bonds. The van der Waals surface area contributed by atoms with Crippen molar-refractivity contribution in [1.29, 1.82) is 0 Å². The van der Waals surface area contributed by atoms with Gasteiger partial charge in [0.2, 0.25) is 0 Å². The van der Waals surface area contributed by atoms with Crippen LogP contribution in [0.3, 0.4) is 0 Å². The Morgan fingerprint density at radius 3 is 1.59 bits per heavy atom. The van der Waals surface area contributed by atoms with Crippen molar-refractivity contribution in [3.05, 3.63) is 11.3 Å². The van der Waals surface area contributed by atoms with Crippen molar-refractivity contribution in [1.82, 2.24) is 0 Å². The molecule has 0 radical (unpaired) electrons. The standard InChI is InChI=1S/C20H34O2/c1-14(17(21)15-6-10-19(2,3)11-7-15)18(22)16-8-12-20(4,5)13-9-16/h15-16,21H,6-13H2,1-5H3/b17-14-. The molecule has 0 aliphatic heterocycles. The normalized spacial score (nSPS) is 27.3. The average Bonchev–Trinajstić information content (AvgIpc) is 2.45. The molecule has 0 bridgehead atoms. The molecule has 0 atom stereocenters. The van der Waals surface area contributed by atoms with Crippen molar-refractivity contribution in [2.45, 2.75) is 86.0 Å². The molecule has 2 aliphatic carbocycles. The molecule has 0 heterocycles. The largest absolute Gasteiger partial charge is 0.512 e. The predicted molar refractivity (Wildman–Crippen MR) is 91.8 cm³/mol. The fourth-order valence-electron chi connectivity index (χ4n) is 4.07. The van der Waals surface area contributed by atoms with Crippen LogP contribution in [0.25, 0.3) is 0 Å². The van der Waals surface area contributed by atoms with Gasteiger partial charge in [-0.1, -0.05) is 27.7 Å². The maximum Gasteiger partial charge on any atom is 0.164 e. The smallest absolute Gasteiger partial charge is 0.164 e. The van der Waals surface area contributed by atoms with Crippen molar-refractivity contribution in [3.8, 4) is 0 Å². The third-order valence-corrected chi connectivity index (χ3v) is 6.19. The van der Waals surface area contributed by atoms with Crippen molar-refractivity contribution >= 4 is 5.78 Å². The Hall–Kier alpha value is -0.790. The second-order valence-corrected chi connectivity index (χ2v) is 9.25. The number of aliphatic hydroxyl groups excluding tert-OH is 1. The Labute approximate surface area is 136 Å². The minimum Gasteiger partial charge on any atom is -0.512 e. The van der Waals surface area contributed by atoms with Crippen LogP contribution in [0.2, 0.25) is 0 Å². The highest BCUT2D eigenvalue weighted by Gasteiger charge is 2.34. The Morgan fingerprint density at radius 2 is 1.18 bits per heavy atom.